The van der Waals surface area contributed by atoms with Gasteiger partial charge in [0.1, 0.15) is 9.84 Å². The van der Waals surface area contributed by atoms with Crippen molar-refractivity contribution in [3.05, 3.63) is 0 Å². The Kier molecular flexibility index (Phi) is 3.19. The zero-order valence-corrected chi connectivity index (χ0v) is 11.8. The van der Waals surface area contributed by atoms with Gasteiger partial charge in [-0.15, -0.1) is 0 Å². The topological polar surface area (TPSA) is 72.2 Å². The molecule has 3 saturated carbocycles. The third kappa shape index (κ3) is 2.21. The van der Waals surface area contributed by atoms with Gasteiger partial charge in [-0.05, 0) is 61.7 Å². The zero-order chi connectivity index (χ0) is 12.9. The number of fused-ring (bicyclic) bond motifs is 5. The first-order valence-electron chi connectivity index (χ1n) is 7.15. The number of hydrogen-bond acceptors (Lipinski definition) is 4. The van der Waals surface area contributed by atoms with Crippen molar-refractivity contribution in [2.45, 2.75) is 38.1 Å². The molecule has 4 nitrogen and oxygen atoms in total. The average molecular weight is 272 g/mol. The molecule has 5 unspecified atom stereocenters. The minimum atomic E-state index is -2.83. The smallest absolute Gasteiger partial charge is 0.147 e. The summed E-state index contributed by atoms with van der Waals surface area (Å²) in [6.07, 6.45) is 7.24. The Balaban J connectivity index is 1.52. The molecule has 0 aromatic heterocycles. The van der Waals surface area contributed by atoms with Crippen molar-refractivity contribution < 1.29 is 8.42 Å². The van der Waals surface area contributed by atoms with Gasteiger partial charge in [-0.1, -0.05) is 0 Å². The molecule has 5 heteroatoms. The number of nitrogens with two attached hydrogens (primary N) is 1. The standard InChI is InChI=1S/C13H24N2O2S/c1-18(16,17)6-2-3-10(15-14)13-11-8-4-5-9(7-8)12(11)13/h8-13,15H,2-7,14H2,1H3. The van der Waals surface area contributed by atoms with E-state index < -0.39 is 9.84 Å². The van der Waals surface area contributed by atoms with Crippen molar-refractivity contribution in [2.24, 2.45) is 35.4 Å². The monoisotopic (exact) mass is 272 g/mol. The molecule has 3 aliphatic carbocycles. The summed E-state index contributed by atoms with van der Waals surface area (Å²) in [5.41, 5.74) is 2.95. The van der Waals surface area contributed by atoms with E-state index in [2.05, 4.69) is 5.43 Å². The molecule has 0 amide bonds. The lowest BCUT2D eigenvalue weighted by Gasteiger charge is -2.19. The van der Waals surface area contributed by atoms with E-state index in [1.54, 1.807) is 0 Å². The normalized spacial score (nSPS) is 42.9. The van der Waals surface area contributed by atoms with Gasteiger partial charge in [-0.3, -0.25) is 11.3 Å². The van der Waals surface area contributed by atoms with Crippen LogP contribution in [0.1, 0.15) is 32.1 Å². The molecule has 0 saturated heterocycles. The van der Waals surface area contributed by atoms with Gasteiger partial charge in [0.25, 0.3) is 0 Å². The van der Waals surface area contributed by atoms with Crippen molar-refractivity contribution in [1.29, 1.82) is 0 Å². The Hall–Kier alpha value is -0.130. The van der Waals surface area contributed by atoms with Gasteiger partial charge in [0, 0.05) is 18.1 Å². The SMILES string of the molecule is CS(=O)(=O)CCCC(NN)C1C2C3CCC(C3)C21. The number of hydrogen-bond donors (Lipinski definition) is 2. The lowest BCUT2D eigenvalue weighted by atomic mass is 9.95. The molecule has 0 aromatic carbocycles. The molecule has 3 aliphatic rings. The Morgan fingerprint density at radius 3 is 2.39 bits per heavy atom. The first-order valence-corrected chi connectivity index (χ1v) is 9.21. The predicted molar refractivity (Wildman–Crippen MR) is 71.4 cm³/mol. The van der Waals surface area contributed by atoms with Gasteiger partial charge in [0.05, 0.1) is 0 Å². The highest BCUT2D eigenvalue weighted by molar-refractivity contribution is 7.90. The lowest BCUT2D eigenvalue weighted by Crippen LogP contribution is -2.38. The summed E-state index contributed by atoms with van der Waals surface area (Å²) in [6.45, 7) is 0. The van der Waals surface area contributed by atoms with Gasteiger partial charge in [0.15, 0.2) is 0 Å². The van der Waals surface area contributed by atoms with E-state index in [4.69, 9.17) is 5.84 Å². The van der Waals surface area contributed by atoms with E-state index >= 15 is 0 Å². The summed E-state index contributed by atoms with van der Waals surface area (Å²) >= 11 is 0. The summed E-state index contributed by atoms with van der Waals surface area (Å²) in [5, 5.41) is 0. The third-order valence-corrected chi connectivity index (χ3v) is 6.53. The van der Waals surface area contributed by atoms with Gasteiger partial charge in [-0.2, -0.15) is 0 Å². The Morgan fingerprint density at radius 1 is 1.28 bits per heavy atom. The fraction of sp³-hybridized carbons (Fsp3) is 1.00. The highest BCUT2D eigenvalue weighted by atomic mass is 32.2. The third-order valence-electron chi connectivity index (χ3n) is 5.50. The molecule has 0 radical (unpaired) electrons. The first-order chi connectivity index (χ1) is 8.51. The number of hydrazine groups is 1. The average Bonchev–Trinajstić information content (AvgIpc) is 2.72. The summed E-state index contributed by atoms with van der Waals surface area (Å²) in [4.78, 5) is 0. The van der Waals surface area contributed by atoms with Crippen molar-refractivity contribution >= 4 is 9.84 Å². The largest absolute Gasteiger partial charge is 0.271 e. The molecule has 2 bridgehead atoms. The van der Waals surface area contributed by atoms with E-state index in [0.717, 1.165) is 42.4 Å². The quantitative estimate of drug-likeness (QED) is 0.557. The van der Waals surface area contributed by atoms with Gasteiger partial charge < -0.3 is 0 Å². The molecule has 5 atom stereocenters. The van der Waals surface area contributed by atoms with Crippen LogP contribution < -0.4 is 11.3 Å². The van der Waals surface area contributed by atoms with Crippen LogP contribution >= 0.6 is 0 Å². The second-order valence-electron chi connectivity index (χ2n) is 6.61. The fourth-order valence-corrected chi connectivity index (χ4v) is 5.57. The molecule has 3 fully saturated rings. The van der Waals surface area contributed by atoms with Crippen LogP contribution in [0.4, 0.5) is 0 Å². The van der Waals surface area contributed by atoms with Gasteiger partial charge in [-0.25, -0.2) is 8.42 Å². The van der Waals surface area contributed by atoms with E-state index in [1.807, 2.05) is 0 Å². The second-order valence-corrected chi connectivity index (χ2v) is 8.87. The van der Waals surface area contributed by atoms with Crippen molar-refractivity contribution in [1.82, 2.24) is 5.43 Å². The van der Waals surface area contributed by atoms with Crippen LogP contribution in [-0.4, -0.2) is 26.5 Å². The molecule has 0 spiro atoms. The zero-order valence-electron chi connectivity index (χ0n) is 11.0. The minimum Gasteiger partial charge on any atom is -0.271 e. The van der Waals surface area contributed by atoms with Crippen LogP contribution in [0.2, 0.25) is 0 Å². The molecule has 0 aromatic rings. The van der Waals surface area contributed by atoms with Crippen LogP contribution in [0.25, 0.3) is 0 Å². The summed E-state index contributed by atoms with van der Waals surface area (Å²) in [7, 11) is -2.83. The van der Waals surface area contributed by atoms with Crippen molar-refractivity contribution in [3.63, 3.8) is 0 Å². The van der Waals surface area contributed by atoms with E-state index in [0.29, 0.717) is 11.8 Å². The molecule has 3 rings (SSSR count). The Bertz CT molecular complexity index is 407. The van der Waals surface area contributed by atoms with Crippen LogP contribution in [0, 0.1) is 29.6 Å². The summed E-state index contributed by atoms with van der Waals surface area (Å²) in [5.74, 6) is 10.4. The number of sulfone groups is 1. The fourth-order valence-electron chi connectivity index (χ4n) is 4.88. The number of rotatable bonds is 6. The molecule has 0 heterocycles. The highest BCUT2D eigenvalue weighted by Gasteiger charge is 2.66. The maximum atomic E-state index is 11.1. The summed E-state index contributed by atoms with van der Waals surface area (Å²) in [6, 6.07) is 0.338. The maximum absolute atomic E-state index is 11.1. The predicted octanol–water partition coefficient (Wildman–Crippen LogP) is 0.935. The second kappa shape index (κ2) is 4.46. The molecular formula is C13H24N2O2S. The van der Waals surface area contributed by atoms with E-state index in [-0.39, 0.29) is 0 Å². The Labute approximate surface area is 110 Å². The van der Waals surface area contributed by atoms with Crippen molar-refractivity contribution in [2.75, 3.05) is 12.0 Å². The van der Waals surface area contributed by atoms with Crippen molar-refractivity contribution in [3.8, 4) is 0 Å². The maximum Gasteiger partial charge on any atom is 0.147 e. The lowest BCUT2D eigenvalue weighted by molar-refractivity contribution is 0.350. The van der Waals surface area contributed by atoms with Crippen LogP contribution in [0.3, 0.4) is 0 Å². The highest BCUT2D eigenvalue weighted by Crippen LogP contribution is 2.70. The van der Waals surface area contributed by atoms with Crippen LogP contribution in [-0.2, 0) is 9.84 Å². The van der Waals surface area contributed by atoms with Crippen LogP contribution in [0.5, 0.6) is 0 Å². The van der Waals surface area contributed by atoms with E-state index in [9.17, 15) is 8.42 Å². The van der Waals surface area contributed by atoms with Gasteiger partial charge in [0.2, 0.25) is 0 Å². The first kappa shape index (κ1) is 12.9. The molecule has 3 N–H and O–H groups in total. The molecule has 0 aliphatic heterocycles. The summed E-state index contributed by atoms with van der Waals surface area (Å²) < 4.78 is 22.3. The molecular weight excluding hydrogens is 248 g/mol. The number of nitrogens with one attached hydrogen (secondary N) is 1. The van der Waals surface area contributed by atoms with E-state index in [1.165, 1.54) is 25.5 Å². The minimum absolute atomic E-state index is 0.292. The molecule has 104 valence electrons. The molecule has 18 heavy (non-hydrogen) atoms. The van der Waals surface area contributed by atoms with Crippen LogP contribution in [0.15, 0.2) is 0 Å². The Morgan fingerprint density at radius 2 is 1.89 bits per heavy atom. The van der Waals surface area contributed by atoms with Gasteiger partial charge >= 0.3 is 0 Å².